The van der Waals surface area contributed by atoms with E-state index in [4.69, 9.17) is 10.6 Å². The molecule has 4 aliphatic rings. The second-order valence-corrected chi connectivity index (χ2v) is 11.9. The number of oxime groups is 1. The predicted octanol–water partition coefficient (Wildman–Crippen LogP) is 0.0698. The number of nitrogen functional groups attached to an aromatic ring is 1. The van der Waals surface area contributed by atoms with Crippen LogP contribution in [-0.4, -0.2) is 64.0 Å². The van der Waals surface area contributed by atoms with Gasteiger partial charge >= 0.3 is 0 Å². The molecule has 224 valence electrons. The molecule has 3 amide bonds. The number of aliphatic carboxylic acids is 1. The number of nitrogens with two attached hydrogens (primary N) is 1. The number of pyridine rings is 1. The number of β-lactam (4-membered cyclic amide) rings is 1. The molecule has 2 aromatic heterocycles. The summed E-state index contributed by atoms with van der Waals surface area (Å²) in [6.45, 7) is 0.463. The molecular formula is C29H31N7O6S. The number of allylic oxidation sites excluding steroid dienone is 2. The Balaban J connectivity index is 1.19. The van der Waals surface area contributed by atoms with Crippen molar-refractivity contribution < 1.29 is 33.7 Å². The largest absolute Gasteiger partial charge is 0.543 e. The van der Waals surface area contributed by atoms with E-state index in [-0.39, 0.29) is 40.7 Å². The Labute approximate surface area is 251 Å². The van der Waals surface area contributed by atoms with E-state index in [1.54, 1.807) is 16.4 Å². The molecule has 13 nitrogen and oxygen atoms in total. The molecule has 2 saturated heterocycles. The first-order valence-electron chi connectivity index (χ1n) is 14.2. The molecule has 0 bridgehead atoms. The first-order valence-corrected chi connectivity index (χ1v) is 15.1. The number of amides is 3. The van der Waals surface area contributed by atoms with Crippen LogP contribution in [0.1, 0.15) is 50.6 Å². The van der Waals surface area contributed by atoms with Crippen molar-refractivity contribution in [1.29, 1.82) is 0 Å². The third kappa shape index (κ3) is 5.49. The molecule has 3 N–H and O–H groups in total. The summed E-state index contributed by atoms with van der Waals surface area (Å²) in [4.78, 5) is 64.6. The summed E-state index contributed by atoms with van der Waals surface area (Å²) in [7, 11) is 1.88. The monoisotopic (exact) mass is 605 g/mol. The van der Waals surface area contributed by atoms with E-state index in [9.17, 15) is 24.3 Å². The normalized spacial score (nSPS) is 23.6. The predicted molar refractivity (Wildman–Crippen MR) is 153 cm³/mol. The lowest BCUT2D eigenvalue weighted by Crippen LogP contribution is -2.72. The van der Waals surface area contributed by atoms with Gasteiger partial charge in [-0.1, -0.05) is 5.16 Å². The number of hydrogen-bond donors (Lipinski definition) is 2. The van der Waals surface area contributed by atoms with Gasteiger partial charge in [0.15, 0.2) is 23.2 Å². The van der Waals surface area contributed by atoms with Crippen LogP contribution in [0, 0.1) is 0 Å². The number of aryl methyl sites for hydroxylation is 1. The Morgan fingerprint density at radius 2 is 1.95 bits per heavy atom. The third-order valence-electron chi connectivity index (χ3n) is 8.27. The van der Waals surface area contributed by atoms with Crippen molar-refractivity contribution in [3.05, 3.63) is 58.5 Å². The number of anilines is 2. The second kappa shape index (κ2) is 11.6. The molecule has 43 heavy (non-hydrogen) atoms. The van der Waals surface area contributed by atoms with Gasteiger partial charge in [-0.3, -0.25) is 14.4 Å². The van der Waals surface area contributed by atoms with Crippen LogP contribution in [0.4, 0.5) is 10.8 Å². The van der Waals surface area contributed by atoms with Gasteiger partial charge in [-0.05, 0) is 56.6 Å². The Hall–Kier alpha value is -4.59. The van der Waals surface area contributed by atoms with Crippen LogP contribution in [-0.2, 0) is 31.1 Å². The van der Waals surface area contributed by atoms with Crippen LogP contribution < -0.4 is 25.6 Å². The van der Waals surface area contributed by atoms with Crippen LogP contribution in [0.5, 0.6) is 0 Å². The van der Waals surface area contributed by atoms with E-state index in [1.165, 1.54) is 0 Å². The van der Waals surface area contributed by atoms with E-state index in [1.807, 2.05) is 36.1 Å². The molecule has 0 radical (unpaired) electrons. The number of carbonyl (C=O) groups is 4. The van der Waals surface area contributed by atoms with E-state index >= 15 is 0 Å². The van der Waals surface area contributed by atoms with Crippen molar-refractivity contribution in [3.63, 3.8) is 0 Å². The number of hydrogen-bond acceptors (Lipinski definition) is 10. The summed E-state index contributed by atoms with van der Waals surface area (Å²) in [6, 6.07) is 2.12. The smallest absolute Gasteiger partial charge is 0.276 e. The maximum absolute atomic E-state index is 13.3. The minimum Gasteiger partial charge on any atom is -0.543 e. The van der Waals surface area contributed by atoms with Gasteiger partial charge in [0, 0.05) is 29.6 Å². The van der Waals surface area contributed by atoms with E-state index in [0.717, 1.165) is 47.6 Å². The van der Waals surface area contributed by atoms with Crippen LogP contribution in [0.2, 0.25) is 0 Å². The number of thiazole rings is 1. The van der Waals surface area contributed by atoms with Gasteiger partial charge in [-0.15, -0.1) is 11.3 Å². The fourth-order valence-electron chi connectivity index (χ4n) is 6.03. The summed E-state index contributed by atoms with van der Waals surface area (Å²) < 4.78 is 1.86. The number of aromatic nitrogens is 2. The molecule has 5 heterocycles. The summed E-state index contributed by atoms with van der Waals surface area (Å²) in [5, 5.41) is 20.9. The van der Waals surface area contributed by atoms with Crippen molar-refractivity contribution >= 4 is 51.6 Å². The van der Waals surface area contributed by atoms with E-state index in [0.29, 0.717) is 30.5 Å². The highest BCUT2D eigenvalue weighted by Crippen LogP contribution is 2.38. The van der Waals surface area contributed by atoms with E-state index < -0.39 is 29.9 Å². The molecule has 0 spiro atoms. The zero-order valence-corrected chi connectivity index (χ0v) is 24.3. The lowest BCUT2D eigenvalue weighted by atomic mass is 9.82. The summed E-state index contributed by atoms with van der Waals surface area (Å²) >= 11 is 1.15. The standard InChI is InChI=1S/C29H31N7O6S/c1-34-11-9-18(10-12-34)35-13-8-17(26(35)38)14-16-6-7-21-23(27(39)36(21)24(16)28(40)41)32-25(37)22(20-15-43-29(30)31-20)33-42-19-4-2-3-5-19/h9-12,14-15,19,21,23H,2-8,13H2,1H3,(H3-,30,31,32,37,40,41)/b17-14+,33-22-/t21-,23+/m1/s1. The minimum atomic E-state index is -1.52. The van der Waals surface area contributed by atoms with Gasteiger partial charge in [0.05, 0.1) is 23.4 Å². The SMILES string of the molecule is C[n+]1ccc(N2CC/C(=C\C3=C(C(=O)[O-])N4C(=O)[C@@H](NC(=O)/C(=N\OC5CCCC5)c5csc(N)n5)[C@H]4CC3)C2=O)cc1. The zero-order chi connectivity index (χ0) is 30.2. The lowest BCUT2D eigenvalue weighted by molar-refractivity contribution is -0.671. The van der Waals surface area contributed by atoms with Gasteiger partial charge in [-0.2, -0.15) is 0 Å². The number of nitrogens with one attached hydrogen (secondary N) is 1. The molecule has 1 saturated carbocycles. The first kappa shape index (κ1) is 28.5. The van der Waals surface area contributed by atoms with Crippen molar-refractivity contribution in [2.24, 2.45) is 12.2 Å². The maximum Gasteiger partial charge on any atom is 0.276 e. The molecule has 1 aliphatic carbocycles. The first-order chi connectivity index (χ1) is 20.7. The lowest BCUT2D eigenvalue weighted by Gasteiger charge is -2.51. The Kier molecular flexibility index (Phi) is 7.69. The van der Waals surface area contributed by atoms with Gasteiger partial charge in [0.25, 0.3) is 17.7 Å². The van der Waals surface area contributed by atoms with Gasteiger partial charge in [0.1, 0.15) is 24.9 Å². The molecule has 2 atom stereocenters. The Bertz CT molecular complexity index is 1570. The van der Waals surface area contributed by atoms with Gasteiger partial charge in [-0.25, -0.2) is 9.55 Å². The highest BCUT2D eigenvalue weighted by Gasteiger charge is 2.52. The summed E-state index contributed by atoms with van der Waals surface area (Å²) in [5.74, 6) is -2.98. The van der Waals surface area contributed by atoms with Crippen LogP contribution in [0.15, 0.2) is 58.0 Å². The van der Waals surface area contributed by atoms with Crippen molar-refractivity contribution in [2.45, 2.75) is 63.1 Å². The zero-order valence-electron chi connectivity index (χ0n) is 23.5. The fourth-order valence-corrected chi connectivity index (χ4v) is 6.58. The van der Waals surface area contributed by atoms with Crippen LogP contribution in [0.25, 0.3) is 0 Å². The molecule has 14 heteroatoms. The number of rotatable bonds is 8. The van der Waals surface area contributed by atoms with Gasteiger partial charge in [0.2, 0.25) is 0 Å². The highest BCUT2D eigenvalue weighted by atomic mass is 32.1. The van der Waals surface area contributed by atoms with Crippen molar-refractivity contribution in [3.8, 4) is 0 Å². The highest BCUT2D eigenvalue weighted by molar-refractivity contribution is 7.13. The summed E-state index contributed by atoms with van der Waals surface area (Å²) in [6.07, 6.45) is 9.97. The Morgan fingerprint density at radius 3 is 2.63 bits per heavy atom. The molecule has 2 aromatic rings. The van der Waals surface area contributed by atoms with E-state index in [2.05, 4.69) is 15.5 Å². The number of carbonyl (C=O) groups excluding carboxylic acids is 4. The third-order valence-corrected chi connectivity index (χ3v) is 8.95. The Morgan fingerprint density at radius 1 is 1.21 bits per heavy atom. The van der Waals surface area contributed by atoms with Crippen LogP contribution in [0.3, 0.4) is 0 Å². The number of carboxylic acids is 1. The minimum absolute atomic E-state index is 0.0977. The molecule has 3 aliphatic heterocycles. The molecule has 6 rings (SSSR count). The average molecular weight is 606 g/mol. The van der Waals surface area contributed by atoms with Crippen LogP contribution >= 0.6 is 11.3 Å². The fraction of sp³-hybridized carbons (Fsp3) is 0.414. The van der Waals surface area contributed by atoms with Crippen molar-refractivity contribution in [2.75, 3.05) is 17.2 Å². The quantitative estimate of drug-likeness (QED) is 0.140. The molecule has 0 aromatic carbocycles. The topological polar surface area (TPSA) is 174 Å². The van der Waals surface area contributed by atoms with Gasteiger partial charge < -0.3 is 35.6 Å². The molecule has 0 unspecified atom stereocenters. The summed E-state index contributed by atoms with van der Waals surface area (Å²) in [5.41, 5.74) is 7.19. The number of nitrogens with zero attached hydrogens (tertiary/aromatic N) is 5. The average Bonchev–Trinajstić information content (AvgIpc) is 3.75. The number of fused-ring (bicyclic) bond motifs is 1. The molecule has 3 fully saturated rings. The maximum atomic E-state index is 13.3. The van der Waals surface area contributed by atoms with Crippen molar-refractivity contribution in [1.82, 2.24) is 15.2 Å². The molecular weight excluding hydrogens is 574 g/mol. The second-order valence-electron chi connectivity index (χ2n) is 11.0. The number of carboxylic acid groups (broad SMARTS) is 1.